The summed E-state index contributed by atoms with van der Waals surface area (Å²) in [7, 11) is 0. The van der Waals surface area contributed by atoms with Crippen LogP contribution < -0.4 is 0 Å². The molecule has 2 heteroatoms. The first kappa shape index (κ1) is 27.5. The Labute approximate surface area is 189 Å². The Morgan fingerprint density at radius 2 is 1.37 bits per heavy atom. The van der Waals surface area contributed by atoms with Crippen molar-refractivity contribution in [2.75, 3.05) is 6.61 Å². The summed E-state index contributed by atoms with van der Waals surface area (Å²) in [5.41, 5.74) is 0.687. The Kier molecular flexibility index (Phi) is 10.4. The lowest BCUT2D eigenvalue weighted by Gasteiger charge is -2.36. The normalized spacial score (nSPS) is 28.6. The molecule has 1 rings (SSSR count). The molecule has 0 bridgehead atoms. The molecule has 0 aromatic rings. The summed E-state index contributed by atoms with van der Waals surface area (Å²) < 4.78 is 6.01. The van der Waals surface area contributed by atoms with E-state index >= 15 is 0 Å². The van der Waals surface area contributed by atoms with E-state index in [2.05, 4.69) is 76.2 Å². The van der Waals surface area contributed by atoms with Gasteiger partial charge >= 0.3 is 5.97 Å². The summed E-state index contributed by atoms with van der Waals surface area (Å²) in [5.74, 6) is 3.85. The van der Waals surface area contributed by atoms with E-state index in [-0.39, 0.29) is 11.9 Å². The molecule has 0 amide bonds. The van der Waals surface area contributed by atoms with Crippen LogP contribution >= 0.6 is 0 Å². The van der Waals surface area contributed by atoms with Gasteiger partial charge in [-0.15, -0.1) is 0 Å². The molecule has 1 fully saturated rings. The summed E-state index contributed by atoms with van der Waals surface area (Å²) in [6.45, 7) is 26.2. The minimum atomic E-state index is 0.0660. The average Bonchev–Trinajstić information content (AvgIpc) is 2.55. The van der Waals surface area contributed by atoms with Gasteiger partial charge in [0, 0.05) is 0 Å². The van der Waals surface area contributed by atoms with Gasteiger partial charge in [0.1, 0.15) is 0 Å². The number of carbonyl (C=O) groups excluding carboxylic acids is 1. The molecule has 0 aliphatic heterocycles. The van der Waals surface area contributed by atoms with Crippen LogP contribution in [0.5, 0.6) is 0 Å². The van der Waals surface area contributed by atoms with Gasteiger partial charge in [0.2, 0.25) is 0 Å². The maximum atomic E-state index is 12.9. The molecule has 0 saturated heterocycles. The fourth-order valence-electron chi connectivity index (χ4n) is 5.79. The SMILES string of the molecule is CC(CCC(COC(=O)C1CC(C)C(C)C(C)C1)C(C)CC(C)(C)C)CC(C)(C)C. The summed E-state index contributed by atoms with van der Waals surface area (Å²) in [6.07, 6.45) is 6.81. The van der Waals surface area contributed by atoms with Crippen molar-refractivity contribution in [3.8, 4) is 0 Å². The number of carbonyl (C=O) groups is 1. The lowest BCUT2D eigenvalue weighted by Crippen LogP contribution is -2.34. The van der Waals surface area contributed by atoms with E-state index in [1.54, 1.807) is 0 Å². The van der Waals surface area contributed by atoms with Gasteiger partial charge in [-0.3, -0.25) is 4.79 Å². The number of hydrogen-bond acceptors (Lipinski definition) is 2. The standard InChI is InChI=1S/C28H54O2/c1-19(16-27(6,7)8)12-13-24(22(4)17-28(9,10)11)18-30-26(29)25-14-20(2)23(5)21(3)15-25/h19-25H,12-18H2,1-11H3. The molecule has 5 atom stereocenters. The molecule has 0 N–H and O–H groups in total. The van der Waals surface area contributed by atoms with Crippen molar-refractivity contribution in [3.05, 3.63) is 0 Å². The molecule has 178 valence electrons. The quantitative estimate of drug-likeness (QED) is 0.349. The van der Waals surface area contributed by atoms with Crippen molar-refractivity contribution in [3.63, 3.8) is 0 Å². The van der Waals surface area contributed by atoms with Gasteiger partial charge in [0.15, 0.2) is 0 Å². The number of esters is 1. The summed E-state index contributed by atoms with van der Waals surface area (Å²) in [5, 5.41) is 0. The van der Waals surface area contributed by atoms with Crippen LogP contribution in [-0.2, 0) is 9.53 Å². The van der Waals surface area contributed by atoms with Crippen molar-refractivity contribution in [1.82, 2.24) is 0 Å². The first-order valence-corrected chi connectivity index (χ1v) is 12.8. The molecular weight excluding hydrogens is 368 g/mol. The van der Waals surface area contributed by atoms with Crippen molar-refractivity contribution in [2.24, 2.45) is 52.3 Å². The van der Waals surface area contributed by atoms with Crippen LogP contribution in [0.25, 0.3) is 0 Å². The van der Waals surface area contributed by atoms with Gasteiger partial charge in [-0.05, 0) is 78.4 Å². The molecule has 0 aromatic carbocycles. The molecule has 30 heavy (non-hydrogen) atoms. The fraction of sp³-hybridized carbons (Fsp3) is 0.964. The number of ether oxygens (including phenoxy) is 1. The molecule has 2 nitrogen and oxygen atoms in total. The predicted molar refractivity (Wildman–Crippen MR) is 130 cm³/mol. The van der Waals surface area contributed by atoms with Crippen LogP contribution in [-0.4, -0.2) is 12.6 Å². The highest BCUT2D eigenvalue weighted by Crippen LogP contribution is 2.39. The minimum Gasteiger partial charge on any atom is -0.465 e. The topological polar surface area (TPSA) is 26.3 Å². The number of hydrogen-bond donors (Lipinski definition) is 0. The zero-order valence-corrected chi connectivity index (χ0v) is 22.3. The van der Waals surface area contributed by atoms with Crippen molar-refractivity contribution < 1.29 is 9.53 Å². The third-order valence-corrected chi connectivity index (χ3v) is 7.61. The van der Waals surface area contributed by atoms with E-state index in [1.165, 1.54) is 19.3 Å². The van der Waals surface area contributed by atoms with Crippen LogP contribution in [0.1, 0.15) is 115 Å². The molecule has 0 spiro atoms. The first-order valence-electron chi connectivity index (χ1n) is 12.8. The molecule has 5 unspecified atom stereocenters. The van der Waals surface area contributed by atoms with Crippen molar-refractivity contribution in [1.29, 1.82) is 0 Å². The Bertz CT molecular complexity index is 498. The highest BCUT2D eigenvalue weighted by molar-refractivity contribution is 5.72. The van der Waals surface area contributed by atoms with Crippen molar-refractivity contribution in [2.45, 2.75) is 115 Å². The van der Waals surface area contributed by atoms with Crippen LogP contribution in [0.3, 0.4) is 0 Å². The predicted octanol–water partition coefficient (Wildman–Crippen LogP) is 8.39. The third kappa shape index (κ3) is 10.2. The zero-order valence-electron chi connectivity index (χ0n) is 22.3. The van der Waals surface area contributed by atoms with Gasteiger partial charge in [-0.25, -0.2) is 0 Å². The second-order valence-corrected chi connectivity index (χ2v) is 13.6. The summed E-state index contributed by atoms with van der Waals surface area (Å²) in [6, 6.07) is 0. The van der Waals surface area contributed by atoms with Gasteiger partial charge in [-0.2, -0.15) is 0 Å². The Morgan fingerprint density at radius 1 is 0.867 bits per heavy atom. The molecule has 0 heterocycles. The largest absolute Gasteiger partial charge is 0.465 e. The summed E-state index contributed by atoms with van der Waals surface area (Å²) >= 11 is 0. The van der Waals surface area contributed by atoms with Gasteiger partial charge in [0.05, 0.1) is 12.5 Å². The minimum absolute atomic E-state index is 0.0660. The van der Waals surface area contributed by atoms with E-state index in [4.69, 9.17) is 4.74 Å². The fourth-order valence-corrected chi connectivity index (χ4v) is 5.79. The van der Waals surface area contributed by atoms with Crippen molar-refractivity contribution >= 4 is 5.97 Å². The van der Waals surface area contributed by atoms with E-state index in [9.17, 15) is 4.79 Å². The monoisotopic (exact) mass is 422 g/mol. The first-order chi connectivity index (χ1) is 13.6. The summed E-state index contributed by atoms with van der Waals surface area (Å²) in [4.78, 5) is 12.9. The highest BCUT2D eigenvalue weighted by atomic mass is 16.5. The van der Waals surface area contributed by atoms with Crippen LogP contribution in [0.2, 0.25) is 0 Å². The lowest BCUT2D eigenvalue weighted by molar-refractivity contribution is -0.153. The van der Waals surface area contributed by atoms with Crippen LogP contribution in [0.15, 0.2) is 0 Å². The van der Waals surface area contributed by atoms with Gasteiger partial charge in [-0.1, -0.05) is 82.6 Å². The number of rotatable bonds is 9. The van der Waals surface area contributed by atoms with E-state index in [1.807, 2.05) is 0 Å². The van der Waals surface area contributed by atoms with Gasteiger partial charge in [0.25, 0.3) is 0 Å². The molecular formula is C28H54O2. The Hall–Kier alpha value is -0.530. The molecule has 1 saturated carbocycles. The van der Waals surface area contributed by atoms with E-state index in [0.717, 1.165) is 19.3 Å². The highest BCUT2D eigenvalue weighted by Gasteiger charge is 2.35. The Morgan fingerprint density at radius 3 is 1.83 bits per heavy atom. The maximum absolute atomic E-state index is 12.9. The molecule has 0 radical (unpaired) electrons. The van der Waals surface area contributed by atoms with Crippen LogP contribution in [0, 0.1) is 52.3 Å². The molecule has 1 aliphatic carbocycles. The van der Waals surface area contributed by atoms with Crippen LogP contribution in [0.4, 0.5) is 0 Å². The van der Waals surface area contributed by atoms with Gasteiger partial charge < -0.3 is 4.74 Å². The Balaban J connectivity index is 2.69. The zero-order chi connectivity index (χ0) is 23.3. The molecule has 0 aromatic heterocycles. The second kappa shape index (κ2) is 11.4. The lowest BCUT2D eigenvalue weighted by atomic mass is 9.70. The maximum Gasteiger partial charge on any atom is 0.308 e. The second-order valence-electron chi connectivity index (χ2n) is 13.6. The molecule has 1 aliphatic rings. The third-order valence-electron chi connectivity index (χ3n) is 7.61. The van der Waals surface area contributed by atoms with E-state index in [0.29, 0.717) is 52.9 Å². The average molecular weight is 423 g/mol. The van der Waals surface area contributed by atoms with E-state index < -0.39 is 0 Å². The smallest absolute Gasteiger partial charge is 0.308 e.